The molecule has 0 fully saturated rings. The first-order chi connectivity index (χ1) is 12.3. The van der Waals surface area contributed by atoms with Crippen molar-refractivity contribution in [2.24, 2.45) is 0 Å². The minimum Gasteiger partial charge on any atom is -0.465 e. The summed E-state index contributed by atoms with van der Waals surface area (Å²) in [4.78, 5) is 10.6. The van der Waals surface area contributed by atoms with Crippen LogP contribution in [0.15, 0.2) is 47.4 Å². The second kappa shape index (κ2) is 7.33. The fourth-order valence-corrected chi connectivity index (χ4v) is 4.33. The average Bonchev–Trinajstić information content (AvgIpc) is 2.59. The van der Waals surface area contributed by atoms with Gasteiger partial charge in [-0.3, -0.25) is 4.72 Å². The smallest absolute Gasteiger partial charge is 0.404 e. The maximum Gasteiger partial charge on any atom is 0.404 e. The number of halogens is 1. The first-order valence-corrected chi connectivity index (χ1v) is 9.71. The molecule has 3 N–H and O–H groups in total. The van der Waals surface area contributed by atoms with Crippen molar-refractivity contribution in [3.05, 3.63) is 59.4 Å². The highest BCUT2D eigenvalue weighted by atomic mass is 32.2. The van der Waals surface area contributed by atoms with E-state index < -0.39 is 21.9 Å². The first kappa shape index (κ1) is 18.2. The molecule has 138 valence electrons. The van der Waals surface area contributed by atoms with Gasteiger partial charge in [0.05, 0.1) is 4.90 Å². The lowest BCUT2D eigenvalue weighted by atomic mass is 9.82. The Morgan fingerprint density at radius 3 is 2.77 bits per heavy atom. The fraction of sp³-hybridized carbons (Fsp3) is 0.278. The maximum absolute atomic E-state index is 13.3. The molecule has 0 radical (unpaired) electrons. The van der Waals surface area contributed by atoms with Crippen LogP contribution in [0.5, 0.6) is 0 Å². The number of nitrogens with one attached hydrogen (secondary N) is 2. The standard InChI is InChI=1S/C18H19FN2O4S/c19-14-5-2-6-16(10-14)26(24,25)21-15-7-8-17-12(9-15)3-1-4-13(17)11-20-18(22)23/h2,5-10,13,20-21H,1,3-4,11H2,(H,22,23). The predicted molar refractivity (Wildman–Crippen MR) is 95.4 cm³/mol. The van der Waals surface area contributed by atoms with E-state index in [0.717, 1.165) is 36.5 Å². The largest absolute Gasteiger partial charge is 0.465 e. The van der Waals surface area contributed by atoms with Crippen molar-refractivity contribution in [1.82, 2.24) is 5.32 Å². The summed E-state index contributed by atoms with van der Waals surface area (Å²) in [5, 5.41) is 11.2. The molecule has 0 aliphatic heterocycles. The number of rotatable bonds is 5. The minimum atomic E-state index is -3.88. The molecule has 0 spiro atoms. The van der Waals surface area contributed by atoms with Crippen molar-refractivity contribution in [2.45, 2.75) is 30.1 Å². The molecule has 6 nitrogen and oxygen atoms in total. The molecule has 26 heavy (non-hydrogen) atoms. The van der Waals surface area contributed by atoms with Crippen LogP contribution in [-0.4, -0.2) is 26.2 Å². The van der Waals surface area contributed by atoms with Gasteiger partial charge < -0.3 is 10.4 Å². The third-order valence-corrected chi connectivity index (χ3v) is 5.82. The maximum atomic E-state index is 13.3. The lowest BCUT2D eigenvalue weighted by Crippen LogP contribution is -2.28. The number of carboxylic acid groups (broad SMARTS) is 1. The highest BCUT2D eigenvalue weighted by molar-refractivity contribution is 7.92. The second-order valence-electron chi connectivity index (χ2n) is 6.25. The Hall–Kier alpha value is -2.61. The van der Waals surface area contributed by atoms with Gasteiger partial charge in [0.1, 0.15) is 5.82 Å². The molecule has 1 aliphatic rings. The molecular formula is C18H19FN2O4S. The van der Waals surface area contributed by atoms with Crippen LogP contribution in [0.3, 0.4) is 0 Å². The van der Waals surface area contributed by atoms with Gasteiger partial charge in [-0.15, -0.1) is 0 Å². The molecule has 2 aromatic rings. The first-order valence-electron chi connectivity index (χ1n) is 8.23. The molecule has 1 amide bonds. The van der Waals surface area contributed by atoms with E-state index in [-0.39, 0.29) is 10.8 Å². The van der Waals surface area contributed by atoms with Crippen LogP contribution < -0.4 is 10.0 Å². The molecule has 1 aliphatic carbocycles. The highest BCUT2D eigenvalue weighted by Gasteiger charge is 2.22. The molecule has 0 aromatic heterocycles. The molecule has 8 heteroatoms. The summed E-state index contributed by atoms with van der Waals surface area (Å²) in [6.45, 7) is 0.330. The van der Waals surface area contributed by atoms with Gasteiger partial charge in [0.25, 0.3) is 10.0 Å². The van der Waals surface area contributed by atoms with Gasteiger partial charge >= 0.3 is 6.09 Å². The van der Waals surface area contributed by atoms with Crippen LogP contribution in [0.25, 0.3) is 0 Å². The molecule has 1 atom stereocenters. The van der Waals surface area contributed by atoms with Gasteiger partial charge in [-0.1, -0.05) is 12.1 Å². The SMILES string of the molecule is O=C(O)NCC1CCCc2cc(NS(=O)(=O)c3cccc(F)c3)ccc21. The van der Waals surface area contributed by atoms with Gasteiger partial charge in [0.15, 0.2) is 0 Å². The summed E-state index contributed by atoms with van der Waals surface area (Å²) >= 11 is 0. The van der Waals surface area contributed by atoms with E-state index in [2.05, 4.69) is 10.0 Å². The van der Waals surface area contributed by atoms with Crippen LogP contribution in [0, 0.1) is 5.82 Å². The van der Waals surface area contributed by atoms with Crippen LogP contribution in [0.2, 0.25) is 0 Å². The number of hydrogen-bond acceptors (Lipinski definition) is 3. The van der Waals surface area contributed by atoms with Crippen molar-refractivity contribution in [3.63, 3.8) is 0 Å². The molecular weight excluding hydrogens is 359 g/mol. The predicted octanol–water partition coefficient (Wildman–Crippen LogP) is 3.31. The Labute approximate surface area is 151 Å². The number of carbonyl (C=O) groups is 1. The van der Waals surface area contributed by atoms with Crippen molar-refractivity contribution in [1.29, 1.82) is 0 Å². The number of anilines is 1. The molecule has 2 aromatic carbocycles. The zero-order valence-electron chi connectivity index (χ0n) is 13.9. The van der Waals surface area contributed by atoms with Crippen LogP contribution >= 0.6 is 0 Å². The van der Waals surface area contributed by atoms with Crippen LogP contribution in [0.4, 0.5) is 14.9 Å². The summed E-state index contributed by atoms with van der Waals surface area (Å²) in [6.07, 6.45) is 1.52. The number of aryl methyl sites for hydroxylation is 1. The summed E-state index contributed by atoms with van der Waals surface area (Å²) in [7, 11) is -3.88. The third-order valence-electron chi connectivity index (χ3n) is 4.44. The normalized spacial score (nSPS) is 16.6. The highest BCUT2D eigenvalue weighted by Crippen LogP contribution is 2.33. The molecule has 0 bridgehead atoms. The quantitative estimate of drug-likeness (QED) is 0.744. The van der Waals surface area contributed by atoms with Gasteiger partial charge in [-0.05, 0) is 60.7 Å². The van der Waals surface area contributed by atoms with E-state index in [1.54, 1.807) is 12.1 Å². The summed E-state index contributed by atoms with van der Waals surface area (Å²) < 4.78 is 40.6. The lowest BCUT2D eigenvalue weighted by molar-refractivity contribution is 0.193. The Morgan fingerprint density at radius 2 is 2.04 bits per heavy atom. The molecule has 0 saturated heterocycles. The van der Waals surface area contributed by atoms with E-state index in [9.17, 15) is 17.6 Å². The topological polar surface area (TPSA) is 95.5 Å². The van der Waals surface area contributed by atoms with E-state index in [0.29, 0.717) is 12.2 Å². The molecule has 1 unspecified atom stereocenters. The van der Waals surface area contributed by atoms with Crippen LogP contribution in [-0.2, 0) is 16.4 Å². The number of hydrogen-bond donors (Lipinski definition) is 3. The number of sulfonamides is 1. The van der Waals surface area contributed by atoms with E-state index >= 15 is 0 Å². The van der Waals surface area contributed by atoms with Crippen molar-refractivity contribution in [2.75, 3.05) is 11.3 Å². The Bertz CT molecular complexity index is 931. The monoisotopic (exact) mass is 378 g/mol. The Balaban J connectivity index is 1.81. The summed E-state index contributed by atoms with van der Waals surface area (Å²) in [5.74, 6) is -0.546. The second-order valence-corrected chi connectivity index (χ2v) is 7.93. The van der Waals surface area contributed by atoms with Crippen LogP contribution in [0.1, 0.15) is 29.9 Å². The average molecular weight is 378 g/mol. The molecule has 0 heterocycles. The van der Waals surface area contributed by atoms with Gasteiger partial charge in [-0.2, -0.15) is 0 Å². The summed E-state index contributed by atoms with van der Waals surface area (Å²) in [5.41, 5.74) is 2.42. The van der Waals surface area contributed by atoms with Crippen molar-refractivity contribution in [3.8, 4) is 0 Å². The number of fused-ring (bicyclic) bond motifs is 1. The Morgan fingerprint density at radius 1 is 1.23 bits per heavy atom. The summed E-state index contributed by atoms with van der Waals surface area (Å²) in [6, 6.07) is 10.1. The third kappa shape index (κ3) is 4.13. The number of amides is 1. The fourth-order valence-electron chi connectivity index (χ4n) is 3.25. The van der Waals surface area contributed by atoms with Gasteiger partial charge in [-0.25, -0.2) is 17.6 Å². The zero-order chi connectivity index (χ0) is 18.7. The minimum absolute atomic E-state index is 0.0729. The van der Waals surface area contributed by atoms with Gasteiger partial charge in [0.2, 0.25) is 0 Å². The van der Waals surface area contributed by atoms with Crippen molar-refractivity contribution < 1.29 is 22.7 Å². The van der Waals surface area contributed by atoms with E-state index in [1.165, 1.54) is 18.2 Å². The van der Waals surface area contributed by atoms with E-state index in [4.69, 9.17) is 5.11 Å². The number of benzene rings is 2. The lowest BCUT2D eigenvalue weighted by Gasteiger charge is -2.26. The molecule has 3 rings (SSSR count). The van der Waals surface area contributed by atoms with Gasteiger partial charge in [0, 0.05) is 18.2 Å². The van der Waals surface area contributed by atoms with E-state index in [1.807, 2.05) is 6.07 Å². The zero-order valence-corrected chi connectivity index (χ0v) is 14.7. The molecule has 0 saturated carbocycles. The van der Waals surface area contributed by atoms with Crippen molar-refractivity contribution >= 4 is 21.8 Å². The Kier molecular flexibility index (Phi) is 5.13.